The highest BCUT2D eigenvalue weighted by molar-refractivity contribution is 7.91. The van der Waals surface area contributed by atoms with Crippen LogP contribution in [0.1, 0.15) is 25.7 Å². The molecule has 9 heteroatoms. The van der Waals surface area contributed by atoms with Gasteiger partial charge in [0.2, 0.25) is 15.9 Å². The summed E-state index contributed by atoms with van der Waals surface area (Å²) in [6.45, 7) is 0.401. The van der Waals surface area contributed by atoms with Gasteiger partial charge in [0, 0.05) is 18.5 Å². The van der Waals surface area contributed by atoms with E-state index in [1.54, 1.807) is 49.9 Å². The lowest BCUT2D eigenvalue weighted by atomic mass is 9.81. The van der Waals surface area contributed by atoms with E-state index in [-0.39, 0.29) is 17.7 Å². The van der Waals surface area contributed by atoms with Gasteiger partial charge < -0.3 is 14.8 Å². The summed E-state index contributed by atoms with van der Waals surface area (Å²) >= 11 is 1.20. The van der Waals surface area contributed by atoms with Crippen LogP contribution < -0.4 is 19.5 Å². The van der Waals surface area contributed by atoms with Crippen LogP contribution >= 0.6 is 11.3 Å². The molecule has 1 amide bonds. The molecule has 0 atom stereocenters. The van der Waals surface area contributed by atoms with Crippen molar-refractivity contribution >= 4 is 33.0 Å². The number of ether oxygens (including phenoxy) is 2. The van der Waals surface area contributed by atoms with Gasteiger partial charge in [-0.25, -0.2) is 13.1 Å². The number of carbonyl (C=O) groups is 1. The van der Waals surface area contributed by atoms with E-state index in [0.717, 1.165) is 25.7 Å². The van der Waals surface area contributed by atoms with Crippen LogP contribution in [0.5, 0.6) is 11.5 Å². The van der Waals surface area contributed by atoms with Crippen molar-refractivity contribution in [3.8, 4) is 11.5 Å². The number of benzene rings is 1. The van der Waals surface area contributed by atoms with Gasteiger partial charge in [-0.1, -0.05) is 6.07 Å². The second-order valence-corrected chi connectivity index (χ2v) is 10.00. The average molecular weight is 439 g/mol. The first-order valence-corrected chi connectivity index (χ1v) is 11.8. The molecule has 1 fully saturated rings. The zero-order valence-electron chi connectivity index (χ0n) is 16.5. The van der Waals surface area contributed by atoms with E-state index in [9.17, 15) is 13.2 Å². The van der Waals surface area contributed by atoms with Crippen molar-refractivity contribution in [2.24, 2.45) is 11.8 Å². The van der Waals surface area contributed by atoms with Crippen LogP contribution in [0.15, 0.2) is 39.9 Å². The van der Waals surface area contributed by atoms with Crippen molar-refractivity contribution in [2.75, 3.05) is 26.1 Å². The Morgan fingerprint density at radius 2 is 1.90 bits per heavy atom. The Balaban J connectivity index is 1.51. The summed E-state index contributed by atoms with van der Waals surface area (Å²) in [5, 5.41) is 4.69. The van der Waals surface area contributed by atoms with Gasteiger partial charge in [-0.2, -0.15) is 0 Å². The molecule has 1 aliphatic carbocycles. The summed E-state index contributed by atoms with van der Waals surface area (Å²) < 4.78 is 38.0. The molecule has 0 aliphatic heterocycles. The van der Waals surface area contributed by atoms with Crippen molar-refractivity contribution < 1.29 is 22.7 Å². The lowest BCUT2D eigenvalue weighted by Gasteiger charge is -2.28. The number of rotatable bonds is 8. The summed E-state index contributed by atoms with van der Waals surface area (Å²) in [6, 6.07) is 8.59. The molecule has 0 saturated heterocycles. The zero-order valence-corrected chi connectivity index (χ0v) is 18.1. The second kappa shape index (κ2) is 9.60. The first-order chi connectivity index (χ1) is 13.9. The molecule has 158 valence electrons. The third kappa shape index (κ3) is 5.49. The molecule has 7 nitrogen and oxygen atoms in total. The van der Waals surface area contributed by atoms with Gasteiger partial charge in [-0.05, 0) is 55.2 Å². The van der Waals surface area contributed by atoms with Gasteiger partial charge in [0.15, 0.2) is 0 Å². The smallest absolute Gasteiger partial charge is 0.250 e. The summed E-state index contributed by atoms with van der Waals surface area (Å²) in [5.41, 5.74) is 0.586. The number of hydrogen-bond acceptors (Lipinski definition) is 6. The SMILES string of the molecule is COc1ccc(OC)c(NC(=O)C2CCC(CNS(=O)(=O)c3cccs3)CC2)c1. The number of methoxy groups -OCH3 is 2. The third-order valence-corrected chi connectivity index (χ3v) is 8.03. The predicted molar refractivity (Wildman–Crippen MR) is 113 cm³/mol. The van der Waals surface area contributed by atoms with Crippen molar-refractivity contribution in [1.82, 2.24) is 4.72 Å². The summed E-state index contributed by atoms with van der Waals surface area (Å²) in [7, 11) is -0.311. The summed E-state index contributed by atoms with van der Waals surface area (Å²) in [6.07, 6.45) is 3.06. The van der Waals surface area contributed by atoms with Crippen LogP contribution in [0.3, 0.4) is 0 Å². The number of sulfonamides is 1. The fourth-order valence-corrected chi connectivity index (χ4v) is 5.64. The van der Waals surface area contributed by atoms with Crippen molar-refractivity contribution in [3.63, 3.8) is 0 Å². The first-order valence-electron chi connectivity index (χ1n) is 9.49. The standard InChI is InChI=1S/C20H26N2O5S2/c1-26-16-9-10-18(27-2)17(12-16)22-20(23)15-7-5-14(6-8-15)13-21-29(24,25)19-4-3-11-28-19/h3-4,9-12,14-15,21H,5-8,13H2,1-2H3,(H,22,23). The molecule has 1 heterocycles. The molecule has 2 N–H and O–H groups in total. The average Bonchev–Trinajstić information content (AvgIpc) is 3.28. The molecule has 2 aromatic rings. The maximum Gasteiger partial charge on any atom is 0.250 e. The quantitative estimate of drug-likeness (QED) is 0.658. The van der Waals surface area contributed by atoms with Crippen molar-refractivity contribution in [2.45, 2.75) is 29.9 Å². The Bertz CT molecular complexity index is 920. The largest absolute Gasteiger partial charge is 0.497 e. The number of amides is 1. The van der Waals surface area contributed by atoms with Crippen LogP contribution in [-0.4, -0.2) is 35.1 Å². The maximum absolute atomic E-state index is 12.7. The number of nitrogens with one attached hydrogen (secondary N) is 2. The van der Waals surface area contributed by atoms with Crippen molar-refractivity contribution in [3.05, 3.63) is 35.7 Å². The van der Waals surface area contributed by atoms with Crippen LogP contribution in [0.4, 0.5) is 5.69 Å². The van der Waals surface area contributed by atoms with E-state index in [0.29, 0.717) is 27.9 Å². The Kier molecular flexibility index (Phi) is 7.15. The summed E-state index contributed by atoms with van der Waals surface area (Å²) in [4.78, 5) is 12.7. The predicted octanol–water partition coefficient (Wildman–Crippen LogP) is 3.49. The fourth-order valence-electron chi connectivity index (χ4n) is 3.49. The molecular formula is C20H26N2O5S2. The molecule has 1 saturated carbocycles. The number of thiophene rings is 1. The maximum atomic E-state index is 12.7. The Labute approximate surface area is 175 Å². The molecular weight excluding hydrogens is 412 g/mol. The van der Waals surface area contributed by atoms with Gasteiger partial charge in [0.1, 0.15) is 15.7 Å². The van der Waals surface area contributed by atoms with E-state index < -0.39 is 10.0 Å². The fraction of sp³-hybridized carbons (Fsp3) is 0.450. The Morgan fingerprint density at radius 1 is 1.14 bits per heavy atom. The molecule has 3 rings (SSSR count). The molecule has 0 spiro atoms. The van der Waals surface area contributed by atoms with Gasteiger partial charge >= 0.3 is 0 Å². The minimum Gasteiger partial charge on any atom is -0.497 e. The van der Waals surface area contributed by atoms with Crippen LogP contribution in [0.2, 0.25) is 0 Å². The number of anilines is 1. The second-order valence-electron chi connectivity index (χ2n) is 7.06. The van der Waals surface area contributed by atoms with Crippen LogP contribution in [0, 0.1) is 11.8 Å². The highest BCUT2D eigenvalue weighted by atomic mass is 32.2. The van der Waals surface area contributed by atoms with Gasteiger partial charge in [-0.3, -0.25) is 4.79 Å². The molecule has 1 aliphatic rings. The minimum atomic E-state index is -3.44. The lowest BCUT2D eigenvalue weighted by Crippen LogP contribution is -2.33. The van der Waals surface area contributed by atoms with Gasteiger partial charge in [0.05, 0.1) is 19.9 Å². The van der Waals surface area contributed by atoms with E-state index in [1.807, 2.05) is 0 Å². The van der Waals surface area contributed by atoms with E-state index in [4.69, 9.17) is 9.47 Å². The molecule has 29 heavy (non-hydrogen) atoms. The molecule has 1 aromatic heterocycles. The minimum absolute atomic E-state index is 0.0471. The Hall–Kier alpha value is -2.10. The topological polar surface area (TPSA) is 93.7 Å². The molecule has 0 bridgehead atoms. The molecule has 0 radical (unpaired) electrons. The first kappa shape index (κ1) is 21.6. The molecule has 1 aromatic carbocycles. The number of hydrogen-bond donors (Lipinski definition) is 2. The van der Waals surface area contributed by atoms with Crippen molar-refractivity contribution in [1.29, 1.82) is 0 Å². The van der Waals surface area contributed by atoms with Crippen LogP contribution in [0.25, 0.3) is 0 Å². The van der Waals surface area contributed by atoms with E-state index >= 15 is 0 Å². The number of carbonyl (C=O) groups excluding carboxylic acids is 1. The lowest BCUT2D eigenvalue weighted by molar-refractivity contribution is -0.121. The molecule has 0 unspecified atom stereocenters. The normalized spacial score (nSPS) is 19.5. The van der Waals surface area contributed by atoms with Crippen LogP contribution in [-0.2, 0) is 14.8 Å². The highest BCUT2D eigenvalue weighted by Crippen LogP contribution is 2.33. The van der Waals surface area contributed by atoms with Gasteiger partial charge in [-0.15, -0.1) is 11.3 Å². The third-order valence-electron chi connectivity index (χ3n) is 5.20. The van der Waals surface area contributed by atoms with E-state index in [2.05, 4.69) is 10.0 Å². The monoisotopic (exact) mass is 438 g/mol. The van der Waals surface area contributed by atoms with Gasteiger partial charge in [0.25, 0.3) is 0 Å². The Morgan fingerprint density at radius 3 is 2.52 bits per heavy atom. The zero-order chi connectivity index (χ0) is 20.9. The van der Waals surface area contributed by atoms with E-state index in [1.165, 1.54) is 11.3 Å². The highest BCUT2D eigenvalue weighted by Gasteiger charge is 2.28. The summed E-state index contributed by atoms with van der Waals surface area (Å²) in [5.74, 6) is 1.31.